The van der Waals surface area contributed by atoms with Crippen molar-refractivity contribution in [3.05, 3.63) is 62.9 Å². The van der Waals surface area contributed by atoms with Crippen molar-refractivity contribution in [2.75, 3.05) is 17.7 Å². The smallest absolute Gasteiger partial charge is 0.307 e. The largest absolute Gasteiger partial charge is 0.495 e. The first kappa shape index (κ1) is 20.6. The number of halogens is 1. The van der Waals surface area contributed by atoms with Crippen molar-refractivity contribution in [1.82, 2.24) is 15.2 Å². The number of benzene rings is 2. The Morgan fingerprint density at radius 1 is 1.20 bits per heavy atom. The Hall–Kier alpha value is -4.08. The van der Waals surface area contributed by atoms with E-state index in [4.69, 9.17) is 26.9 Å². The highest BCUT2D eigenvalue weighted by atomic mass is 35.5. The van der Waals surface area contributed by atoms with Gasteiger partial charge in [-0.05, 0) is 48.4 Å². The normalized spacial score (nSPS) is 10.0. The monoisotopic (exact) mass is 421 g/mol. The van der Waals surface area contributed by atoms with Crippen LogP contribution in [-0.2, 0) is 6.42 Å². The molecule has 0 radical (unpaired) electrons. The van der Waals surface area contributed by atoms with E-state index >= 15 is 0 Å². The number of anilines is 4. The van der Waals surface area contributed by atoms with Gasteiger partial charge in [0.15, 0.2) is 0 Å². The van der Waals surface area contributed by atoms with Gasteiger partial charge in [-0.15, -0.1) is 5.10 Å². The SMILES string of the molecule is COc1cc(CCC#N)cc(Cl)c1Nc1n[nH]c(=O)c(Nc2ccc(C#N)cc2)n1. The summed E-state index contributed by atoms with van der Waals surface area (Å²) in [5.74, 6) is 0.556. The van der Waals surface area contributed by atoms with Gasteiger partial charge in [-0.3, -0.25) is 4.79 Å². The minimum absolute atomic E-state index is 0.0120. The molecule has 9 nitrogen and oxygen atoms in total. The van der Waals surface area contributed by atoms with Crippen LogP contribution in [0.25, 0.3) is 0 Å². The Kier molecular flexibility index (Phi) is 6.48. The lowest BCUT2D eigenvalue weighted by Crippen LogP contribution is -2.17. The van der Waals surface area contributed by atoms with Gasteiger partial charge in [-0.2, -0.15) is 15.5 Å². The van der Waals surface area contributed by atoms with Crippen molar-refractivity contribution in [3.63, 3.8) is 0 Å². The molecule has 30 heavy (non-hydrogen) atoms. The number of rotatable bonds is 7. The molecule has 1 heterocycles. The first-order valence-electron chi connectivity index (χ1n) is 8.78. The molecule has 3 rings (SSSR count). The molecule has 3 aromatic rings. The summed E-state index contributed by atoms with van der Waals surface area (Å²) in [7, 11) is 1.50. The van der Waals surface area contributed by atoms with Crippen LogP contribution >= 0.6 is 11.6 Å². The summed E-state index contributed by atoms with van der Waals surface area (Å²) < 4.78 is 5.39. The van der Waals surface area contributed by atoms with Crippen molar-refractivity contribution >= 4 is 34.7 Å². The highest BCUT2D eigenvalue weighted by Gasteiger charge is 2.14. The molecule has 0 unspecified atom stereocenters. The molecule has 1 aromatic heterocycles. The minimum atomic E-state index is -0.519. The van der Waals surface area contributed by atoms with Gasteiger partial charge in [0.1, 0.15) is 11.4 Å². The lowest BCUT2D eigenvalue weighted by atomic mass is 10.1. The van der Waals surface area contributed by atoms with Gasteiger partial charge in [0.25, 0.3) is 0 Å². The maximum Gasteiger partial charge on any atom is 0.307 e. The Balaban J connectivity index is 1.87. The van der Waals surface area contributed by atoms with E-state index in [1.807, 2.05) is 6.07 Å². The zero-order valence-electron chi connectivity index (χ0n) is 15.9. The average Bonchev–Trinajstić information content (AvgIpc) is 2.76. The third-order valence-electron chi connectivity index (χ3n) is 4.07. The Morgan fingerprint density at radius 3 is 2.63 bits per heavy atom. The summed E-state index contributed by atoms with van der Waals surface area (Å²) in [5.41, 5.74) is 1.85. The molecule has 0 aliphatic carbocycles. The fourth-order valence-corrected chi connectivity index (χ4v) is 2.90. The van der Waals surface area contributed by atoms with Crippen LogP contribution in [0.15, 0.2) is 41.2 Å². The van der Waals surface area contributed by atoms with E-state index < -0.39 is 5.56 Å². The number of aromatic amines is 1. The predicted molar refractivity (Wildman–Crippen MR) is 112 cm³/mol. The summed E-state index contributed by atoms with van der Waals surface area (Å²) in [4.78, 5) is 16.3. The molecular formula is C20H16ClN7O2. The van der Waals surface area contributed by atoms with E-state index in [2.05, 4.69) is 31.9 Å². The number of nitrogens with zero attached hydrogens (tertiary/aromatic N) is 4. The van der Waals surface area contributed by atoms with Crippen LogP contribution in [0.1, 0.15) is 17.5 Å². The fraction of sp³-hybridized carbons (Fsp3) is 0.150. The summed E-state index contributed by atoms with van der Waals surface area (Å²) >= 11 is 6.38. The van der Waals surface area contributed by atoms with Crippen molar-refractivity contribution in [2.45, 2.75) is 12.8 Å². The van der Waals surface area contributed by atoms with Gasteiger partial charge in [-0.1, -0.05) is 11.6 Å². The number of hydrogen-bond acceptors (Lipinski definition) is 8. The third kappa shape index (κ3) is 4.85. The summed E-state index contributed by atoms with van der Waals surface area (Å²) in [6.07, 6.45) is 0.903. The van der Waals surface area contributed by atoms with Crippen LogP contribution in [0.2, 0.25) is 5.02 Å². The van der Waals surface area contributed by atoms with Crippen molar-refractivity contribution in [1.29, 1.82) is 10.5 Å². The molecule has 0 amide bonds. The van der Waals surface area contributed by atoms with Crippen molar-refractivity contribution < 1.29 is 4.74 Å². The summed E-state index contributed by atoms with van der Waals surface area (Å²) in [6, 6.07) is 14.2. The van der Waals surface area contributed by atoms with Gasteiger partial charge in [0, 0.05) is 12.1 Å². The van der Waals surface area contributed by atoms with Gasteiger partial charge in [0.2, 0.25) is 11.8 Å². The second-order valence-corrected chi connectivity index (χ2v) is 6.50. The molecule has 10 heteroatoms. The van der Waals surface area contributed by atoms with Crippen molar-refractivity contribution in [3.8, 4) is 17.9 Å². The van der Waals surface area contributed by atoms with Crippen LogP contribution in [0.5, 0.6) is 5.75 Å². The third-order valence-corrected chi connectivity index (χ3v) is 4.37. The number of nitriles is 2. The molecule has 0 atom stereocenters. The maximum atomic E-state index is 12.1. The molecule has 3 N–H and O–H groups in total. The molecule has 0 aliphatic heterocycles. The zero-order valence-corrected chi connectivity index (χ0v) is 16.6. The zero-order chi connectivity index (χ0) is 21.5. The summed E-state index contributed by atoms with van der Waals surface area (Å²) in [5, 5.41) is 30.1. The van der Waals surface area contributed by atoms with E-state index in [0.717, 1.165) is 5.56 Å². The maximum absolute atomic E-state index is 12.1. The van der Waals surface area contributed by atoms with Crippen LogP contribution < -0.4 is 20.9 Å². The number of H-pyrrole nitrogens is 1. The molecule has 0 bridgehead atoms. The number of ether oxygens (including phenoxy) is 1. The Bertz CT molecular complexity index is 1190. The molecule has 0 fully saturated rings. The molecule has 0 saturated heterocycles. The highest BCUT2D eigenvalue weighted by Crippen LogP contribution is 2.35. The van der Waals surface area contributed by atoms with Gasteiger partial charge in [-0.25, -0.2) is 5.10 Å². The summed E-state index contributed by atoms with van der Waals surface area (Å²) in [6.45, 7) is 0. The van der Waals surface area contributed by atoms with Crippen LogP contribution in [0, 0.1) is 22.7 Å². The van der Waals surface area contributed by atoms with Crippen LogP contribution in [-0.4, -0.2) is 22.3 Å². The van der Waals surface area contributed by atoms with E-state index in [-0.39, 0.29) is 11.8 Å². The number of hydrogen-bond donors (Lipinski definition) is 3. The molecule has 2 aromatic carbocycles. The molecule has 0 saturated carbocycles. The van der Waals surface area contributed by atoms with E-state index in [9.17, 15) is 4.79 Å². The molecule has 0 aliphatic rings. The van der Waals surface area contributed by atoms with E-state index in [0.29, 0.717) is 40.6 Å². The second-order valence-electron chi connectivity index (χ2n) is 6.09. The lowest BCUT2D eigenvalue weighted by molar-refractivity contribution is 0.416. The van der Waals surface area contributed by atoms with Crippen LogP contribution in [0.4, 0.5) is 23.1 Å². The minimum Gasteiger partial charge on any atom is -0.495 e. The fourth-order valence-electron chi connectivity index (χ4n) is 2.62. The average molecular weight is 422 g/mol. The number of nitrogens with one attached hydrogen (secondary N) is 3. The highest BCUT2D eigenvalue weighted by molar-refractivity contribution is 6.33. The van der Waals surface area contributed by atoms with Crippen LogP contribution in [0.3, 0.4) is 0 Å². The number of methoxy groups -OCH3 is 1. The van der Waals surface area contributed by atoms with Gasteiger partial charge < -0.3 is 15.4 Å². The topological polar surface area (TPSA) is 140 Å². The first-order valence-corrected chi connectivity index (χ1v) is 9.16. The standard InChI is InChI=1S/C20H16ClN7O2/c1-30-16-10-13(3-2-8-22)9-15(21)17(16)25-20-26-18(19(29)27-28-20)24-14-6-4-12(11-23)5-7-14/h4-7,9-10H,2-3H2,1H3,(H,27,29)(H2,24,25,26,28). The predicted octanol–water partition coefficient (Wildman–Crippen LogP) is 3.64. The molecular weight excluding hydrogens is 406 g/mol. The molecule has 0 spiro atoms. The van der Waals surface area contributed by atoms with Gasteiger partial charge in [0.05, 0.1) is 29.8 Å². The quantitative estimate of drug-likeness (QED) is 0.525. The van der Waals surface area contributed by atoms with E-state index in [1.54, 1.807) is 36.4 Å². The number of aryl methyl sites for hydroxylation is 1. The Morgan fingerprint density at radius 2 is 1.97 bits per heavy atom. The van der Waals surface area contributed by atoms with Gasteiger partial charge >= 0.3 is 5.56 Å². The number of aromatic nitrogens is 3. The second kappa shape index (κ2) is 9.41. The van der Waals surface area contributed by atoms with Crippen molar-refractivity contribution in [2.24, 2.45) is 0 Å². The lowest BCUT2D eigenvalue weighted by Gasteiger charge is -2.14. The molecule has 150 valence electrons. The van der Waals surface area contributed by atoms with E-state index in [1.165, 1.54) is 7.11 Å². The Labute approximate surface area is 176 Å². The first-order chi connectivity index (χ1) is 14.5.